The van der Waals surface area contributed by atoms with E-state index in [0.29, 0.717) is 0 Å². The van der Waals surface area contributed by atoms with Crippen LogP contribution in [0.15, 0.2) is 0 Å². The largest absolute Gasteiger partial charge is 0.388 e. The molecule has 2 rings (SSSR count). The summed E-state index contributed by atoms with van der Waals surface area (Å²) in [6.45, 7) is 1.49. The fourth-order valence-corrected chi connectivity index (χ4v) is 2.64. The first-order valence-corrected chi connectivity index (χ1v) is 6.87. The summed E-state index contributed by atoms with van der Waals surface area (Å²) < 4.78 is 15.8. The van der Waals surface area contributed by atoms with Crippen LogP contribution in [0.25, 0.3) is 0 Å². The molecule has 0 amide bonds. The van der Waals surface area contributed by atoms with E-state index in [1.807, 2.05) is 0 Å². The lowest BCUT2D eigenvalue weighted by molar-refractivity contribution is -0.325. The summed E-state index contributed by atoms with van der Waals surface area (Å²) >= 11 is 0. The van der Waals surface area contributed by atoms with Gasteiger partial charge in [0.05, 0.1) is 18.8 Å². The van der Waals surface area contributed by atoms with Gasteiger partial charge in [-0.1, -0.05) is 0 Å². The lowest BCUT2D eigenvalue weighted by Gasteiger charge is -2.44. The third-order valence-electron chi connectivity index (χ3n) is 3.92. The zero-order chi connectivity index (χ0) is 15.7. The summed E-state index contributed by atoms with van der Waals surface area (Å²) in [5, 5.41) is 51.4. The molecule has 2 aliphatic heterocycles. The highest BCUT2D eigenvalue weighted by Gasteiger charge is 2.47. The first kappa shape index (κ1) is 17.0. The standard InChI is InChI=1S/C12H23NO8/c1-4-6(13-2)10(9(17)11(18)20-4)21-12-8(16)7(15)5(14)3-19-12/h4-18H,3H2,1-2H3/t4-,5-,6+,7+,8-,9-,10+,11?,12+/m1/s1. The van der Waals surface area contributed by atoms with E-state index < -0.39 is 55.2 Å². The molecule has 9 nitrogen and oxygen atoms in total. The van der Waals surface area contributed by atoms with Crippen LogP contribution in [0.3, 0.4) is 0 Å². The van der Waals surface area contributed by atoms with E-state index in [0.717, 1.165) is 0 Å². The van der Waals surface area contributed by atoms with Crippen LogP contribution in [0.1, 0.15) is 6.92 Å². The van der Waals surface area contributed by atoms with Crippen LogP contribution in [-0.4, -0.2) is 94.4 Å². The predicted octanol–water partition coefficient (Wildman–Crippen LogP) is -3.50. The predicted molar refractivity (Wildman–Crippen MR) is 68.0 cm³/mol. The van der Waals surface area contributed by atoms with Gasteiger partial charge in [0.15, 0.2) is 12.6 Å². The van der Waals surface area contributed by atoms with Crippen molar-refractivity contribution in [1.82, 2.24) is 5.32 Å². The molecule has 9 atom stereocenters. The maximum absolute atomic E-state index is 10.0. The van der Waals surface area contributed by atoms with Crippen LogP contribution in [0.5, 0.6) is 0 Å². The van der Waals surface area contributed by atoms with E-state index in [1.165, 1.54) is 0 Å². The summed E-state index contributed by atoms with van der Waals surface area (Å²) in [6.07, 6.45) is -9.44. The molecule has 0 aromatic rings. The minimum absolute atomic E-state index is 0.204. The molecule has 124 valence electrons. The number of ether oxygens (including phenoxy) is 3. The SMILES string of the molecule is CN[C@@H]1[C@H](O[C@@H]2OC[C@@H](O)[C@H](O)[C@H]2O)[C@@H](O)C(O)O[C@@H]1C. The summed E-state index contributed by atoms with van der Waals surface area (Å²) in [5.74, 6) is 0. The van der Waals surface area contributed by atoms with Crippen LogP contribution < -0.4 is 5.32 Å². The molecule has 0 radical (unpaired) electrons. The van der Waals surface area contributed by atoms with E-state index in [1.54, 1.807) is 14.0 Å². The normalized spacial score (nSPS) is 51.9. The molecule has 2 fully saturated rings. The van der Waals surface area contributed by atoms with Gasteiger partial charge in [-0.25, -0.2) is 0 Å². The third-order valence-corrected chi connectivity index (χ3v) is 3.92. The fourth-order valence-electron chi connectivity index (χ4n) is 2.64. The van der Waals surface area contributed by atoms with E-state index in [9.17, 15) is 25.5 Å². The monoisotopic (exact) mass is 309 g/mol. The van der Waals surface area contributed by atoms with Gasteiger partial charge < -0.3 is 45.1 Å². The molecular formula is C12H23NO8. The molecule has 0 aromatic heterocycles. The van der Waals surface area contributed by atoms with E-state index >= 15 is 0 Å². The van der Waals surface area contributed by atoms with Gasteiger partial charge in [0.2, 0.25) is 0 Å². The number of aliphatic hydroxyl groups is 5. The summed E-state index contributed by atoms with van der Waals surface area (Å²) in [7, 11) is 1.64. The molecular weight excluding hydrogens is 286 g/mol. The van der Waals surface area contributed by atoms with Crippen LogP contribution in [0, 0.1) is 0 Å². The number of rotatable bonds is 3. The number of hydrogen-bond acceptors (Lipinski definition) is 9. The van der Waals surface area contributed by atoms with Crippen LogP contribution >= 0.6 is 0 Å². The van der Waals surface area contributed by atoms with Crippen molar-refractivity contribution >= 4 is 0 Å². The topological polar surface area (TPSA) is 141 Å². The first-order valence-electron chi connectivity index (χ1n) is 6.87. The Morgan fingerprint density at radius 3 is 2.33 bits per heavy atom. The van der Waals surface area contributed by atoms with Crippen LogP contribution in [0.2, 0.25) is 0 Å². The Labute approximate surface area is 122 Å². The second-order valence-electron chi connectivity index (χ2n) is 5.39. The second kappa shape index (κ2) is 6.82. The highest BCUT2D eigenvalue weighted by Crippen LogP contribution is 2.26. The van der Waals surface area contributed by atoms with Gasteiger partial charge in [0.25, 0.3) is 0 Å². The van der Waals surface area contributed by atoms with E-state index in [4.69, 9.17) is 14.2 Å². The van der Waals surface area contributed by atoms with Crippen molar-refractivity contribution in [3.8, 4) is 0 Å². The van der Waals surface area contributed by atoms with E-state index in [2.05, 4.69) is 5.32 Å². The highest BCUT2D eigenvalue weighted by atomic mass is 16.7. The van der Waals surface area contributed by atoms with Gasteiger partial charge in [0, 0.05) is 0 Å². The summed E-state index contributed by atoms with van der Waals surface area (Å²) in [5.41, 5.74) is 0. The van der Waals surface area contributed by atoms with Crippen molar-refractivity contribution in [3.05, 3.63) is 0 Å². The molecule has 0 aliphatic carbocycles. The Kier molecular flexibility index (Phi) is 5.52. The van der Waals surface area contributed by atoms with Gasteiger partial charge in [-0.05, 0) is 14.0 Å². The Hall–Kier alpha value is -0.360. The summed E-state index contributed by atoms with van der Waals surface area (Å²) in [4.78, 5) is 0. The Morgan fingerprint density at radius 2 is 1.71 bits per heavy atom. The number of nitrogens with one attached hydrogen (secondary N) is 1. The molecule has 2 aliphatic rings. The molecule has 0 saturated carbocycles. The Bertz CT molecular complexity index is 345. The molecule has 9 heteroatoms. The van der Waals surface area contributed by atoms with Crippen molar-refractivity contribution in [2.24, 2.45) is 0 Å². The van der Waals surface area contributed by atoms with Gasteiger partial charge >= 0.3 is 0 Å². The fraction of sp³-hybridized carbons (Fsp3) is 1.00. The minimum atomic E-state index is -1.46. The number of aliphatic hydroxyl groups excluding tert-OH is 5. The van der Waals surface area contributed by atoms with Gasteiger partial charge in [-0.3, -0.25) is 0 Å². The summed E-state index contributed by atoms with van der Waals surface area (Å²) in [6, 6.07) is -0.455. The van der Waals surface area contributed by atoms with Crippen molar-refractivity contribution in [2.75, 3.05) is 13.7 Å². The molecule has 0 spiro atoms. The molecule has 2 saturated heterocycles. The number of hydrogen-bond donors (Lipinski definition) is 6. The third kappa shape index (κ3) is 3.36. The first-order chi connectivity index (χ1) is 9.86. The molecule has 0 bridgehead atoms. The zero-order valence-corrected chi connectivity index (χ0v) is 11.9. The highest BCUT2D eigenvalue weighted by molar-refractivity contribution is 4.94. The lowest BCUT2D eigenvalue weighted by Crippen LogP contribution is -2.64. The van der Waals surface area contributed by atoms with Crippen molar-refractivity contribution < 1.29 is 39.7 Å². The smallest absolute Gasteiger partial charge is 0.186 e. The van der Waals surface area contributed by atoms with Crippen molar-refractivity contribution in [3.63, 3.8) is 0 Å². The minimum Gasteiger partial charge on any atom is -0.388 e. The second-order valence-corrected chi connectivity index (χ2v) is 5.39. The molecule has 1 unspecified atom stereocenters. The van der Waals surface area contributed by atoms with Crippen LogP contribution in [0.4, 0.5) is 0 Å². The Morgan fingerprint density at radius 1 is 1.05 bits per heavy atom. The quantitative estimate of drug-likeness (QED) is 0.313. The lowest BCUT2D eigenvalue weighted by atomic mass is 9.96. The zero-order valence-electron chi connectivity index (χ0n) is 11.9. The molecule has 6 N–H and O–H groups in total. The van der Waals surface area contributed by atoms with Crippen LogP contribution in [-0.2, 0) is 14.2 Å². The van der Waals surface area contributed by atoms with Crippen molar-refractivity contribution in [2.45, 2.75) is 62.2 Å². The van der Waals surface area contributed by atoms with E-state index in [-0.39, 0.29) is 6.61 Å². The maximum atomic E-state index is 10.0. The average Bonchev–Trinajstić information content (AvgIpc) is 2.45. The van der Waals surface area contributed by atoms with Crippen molar-refractivity contribution in [1.29, 1.82) is 0 Å². The van der Waals surface area contributed by atoms with Gasteiger partial charge in [0.1, 0.15) is 30.5 Å². The van der Waals surface area contributed by atoms with Gasteiger partial charge in [-0.15, -0.1) is 0 Å². The molecule has 0 aromatic carbocycles. The Balaban J connectivity index is 2.08. The van der Waals surface area contributed by atoms with Gasteiger partial charge in [-0.2, -0.15) is 0 Å². The number of likely N-dealkylation sites (N-methyl/N-ethyl adjacent to an activating group) is 1. The molecule has 2 heterocycles. The average molecular weight is 309 g/mol. The maximum Gasteiger partial charge on any atom is 0.186 e. The molecule has 21 heavy (non-hydrogen) atoms.